The van der Waals surface area contributed by atoms with E-state index in [0.29, 0.717) is 5.56 Å². The van der Waals surface area contributed by atoms with Crippen LogP contribution in [-0.2, 0) is 4.79 Å². The molecule has 1 aromatic heterocycles. The first kappa shape index (κ1) is 16.7. The smallest absolute Gasteiger partial charge is 0.251 e. The molecule has 1 unspecified atom stereocenters. The first-order valence-corrected chi connectivity index (χ1v) is 7.08. The third kappa shape index (κ3) is 5.75. The molecule has 1 rings (SSSR count). The number of carbonyl (C=O) groups excluding carboxylic acids is 2. The monoisotopic (exact) mass is 317 g/mol. The van der Waals surface area contributed by atoms with E-state index in [1.807, 2.05) is 13.8 Å². The zero-order valence-corrected chi connectivity index (χ0v) is 12.9. The van der Waals surface area contributed by atoms with E-state index in [9.17, 15) is 9.59 Å². The van der Waals surface area contributed by atoms with Gasteiger partial charge in [0.25, 0.3) is 5.91 Å². The Morgan fingerprint density at radius 2 is 1.90 bits per heavy atom. The highest BCUT2D eigenvalue weighted by molar-refractivity contribution is 6.33. The summed E-state index contributed by atoms with van der Waals surface area (Å²) in [6.07, 6.45) is 1.09. The summed E-state index contributed by atoms with van der Waals surface area (Å²) in [6, 6.07) is 2.97. The van der Waals surface area contributed by atoms with Crippen molar-refractivity contribution in [3.8, 4) is 0 Å². The van der Waals surface area contributed by atoms with Gasteiger partial charge in [-0.3, -0.25) is 9.59 Å². The molecular formula is C13H17Cl2N3O2. The van der Waals surface area contributed by atoms with Crippen LogP contribution in [0.2, 0.25) is 10.3 Å². The zero-order valence-electron chi connectivity index (χ0n) is 11.4. The van der Waals surface area contributed by atoms with Crippen LogP contribution in [0.15, 0.2) is 12.1 Å². The van der Waals surface area contributed by atoms with Crippen molar-refractivity contribution in [2.45, 2.75) is 32.7 Å². The molecule has 0 bridgehead atoms. The van der Waals surface area contributed by atoms with Crippen molar-refractivity contribution < 1.29 is 9.59 Å². The van der Waals surface area contributed by atoms with E-state index in [1.54, 1.807) is 0 Å². The molecule has 0 spiro atoms. The molecule has 1 aromatic rings. The SMILES string of the molecule is CCC(C)NC(=O)CCNC(=O)c1cc(Cl)nc(Cl)c1. The Morgan fingerprint density at radius 3 is 2.45 bits per heavy atom. The number of pyridine rings is 1. The van der Waals surface area contributed by atoms with Gasteiger partial charge in [-0.2, -0.15) is 0 Å². The molecule has 0 radical (unpaired) electrons. The van der Waals surface area contributed by atoms with E-state index in [2.05, 4.69) is 15.6 Å². The van der Waals surface area contributed by atoms with Crippen LogP contribution in [0.1, 0.15) is 37.0 Å². The van der Waals surface area contributed by atoms with Crippen molar-refractivity contribution >= 4 is 35.0 Å². The van der Waals surface area contributed by atoms with Crippen molar-refractivity contribution in [3.63, 3.8) is 0 Å². The lowest BCUT2D eigenvalue weighted by Gasteiger charge is -2.11. The summed E-state index contributed by atoms with van der Waals surface area (Å²) in [7, 11) is 0. The molecule has 7 heteroatoms. The van der Waals surface area contributed by atoms with Crippen LogP contribution in [0, 0.1) is 0 Å². The summed E-state index contributed by atoms with van der Waals surface area (Å²) < 4.78 is 0. The van der Waals surface area contributed by atoms with E-state index < -0.39 is 0 Å². The molecule has 2 N–H and O–H groups in total. The summed E-state index contributed by atoms with van der Waals surface area (Å²) >= 11 is 11.4. The number of hydrogen-bond donors (Lipinski definition) is 2. The van der Waals surface area contributed by atoms with Gasteiger partial charge in [0.05, 0.1) is 0 Å². The molecule has 0 saturated heterocycles. The van der Waals surface area contributed by atoms with Crippen LogP contribution >= 0.6 is 23.2 Å². The van der Waals surface area contributed by atoms with Crippen LogP contribution in [-0.4, -0.2) is 29.4 Å². The van der Waals surface area contributed by atoms with Gasteiger partial charge in [-0.05, 0) is 25.5 Å². The van der Waals surface area contributed by atoms with Crippen molar-refractivity contribution in [1.29, 1.82) is 0 Å². The third-order valence-corrected chi connectivity index (χ3v) is 3.07. The summed E-state index contributed by atoms with van der Waals surface area (Å²) in [4.78, 5) is 27.1. The molecule has 5 nitrogen and oxygen atoms in total. The molecule has 110 valence electrons. The Labute approximate surface area is 128 Å². The molecule has 2 amide bonds. The third-order valence-electron chi connectivity index (χ3n) is 2.68. The molecule has 0 aliphatic carbocycles. The van der Waals surface area contributed by atoms with Gasteiger partial charge >= 0.3 is 0 Å². The quantitative estimate of drug-likeness (QED) is 0.791. The maximum absolute atomic E-state index is 11.8. The lowest BCUT2D eigenvalue weighted by atomic mass is 10.2. The Kier molecular flexibility index (Phi) is 6.75. The number of amides is 2. The number of rotatable bonds is 6. The number of aromatic nitrogens is 1. The molecule has 0 aliphatic heterocycles. The predicted molar refractivity (Wildman–Crippen MR) is 79.1 cm³/mol. The Morgan fingerprint density at radius 1 is 1.30 bits per heavy atom. The molecule has 0 saturated carbocycles. The fourth-order valence-electron chi connectivity index (χ4n) is 1.44. The summed E-state index contributed by atoms with van der Waals surface area (Å²) in [5.41, 5.74) is 0.317. The normalized spacial score (nSPS) is 11.8. The van der Waals surface area contributed by atoms with Crippen LogP contribution < -0.4 is 10.6 Å². The number of nitrogens with one attached hydrogen (secondary N) is 2. The fraction of sp³-hybridized carbons (Fsp3) is 0.462. The van der Waals surface area contributed by atoms with Crippen LogP contribution in [0.5, 0.6) is 0 Å². The Bertz CT molecular complexity index is 474. The Balaban J connectivity index is 2.42. The number of carbonyl (C=O) groups is 2. The first-order chi connectivity index (χ1) is 9.42. The van der Waals surface area contributed by atoms with Crippen molar-refractivity contribution in [2.75, 3.05) is 6.54 Å². The average Bonchev–Trinajstić information content (AvgIpc) is 2.37. The van der Waals surface area contributed by atoms with E-state index in [0.717, 1.165) is 6.42 Å². The summed E-state index contributed by atoms with van der Waals surface area (Å²) in [5.74, 6) is -0.432. The van der Waals surface area contributed by atoms with Crippen molar-refractivity contribution in [3.05, 3.63) is 28.0 Å². The van der Waals surface area contributed by atoms with Crippen molar-refractivity contribution in [1.82, 2.24) is 15.6 Å². The van der Waals surface area contributed by atoms with E-state index in [4.69, 9.17) is 23.2 Å². The largest absolute Gasteiger partial charge is 0.354 e. The minimum absolute atomic E-state index is 0.0922. The lowest BCUT2D eigenvalue weighted by Crippen LogP contribution is -2.35. The summed E-state index contributed by atoms with van der Waals surface area (Å²) in [6.45, 7) is 4.17. The minimum atomic E-state index is -0.340. The fourth-order valence-corrected chi connectivity index (χ4v) is 1.90. The lowest BCUT2D eigenvalue weighted by molar-refractivity contribution is -0.121. The molecule has 1 atom stereocenters. The van der Waals surface area contributed by atoms with Crippen molar-refractivity contribution in [2.24, 2.45) is 0 Å². The van der Waals surface area contributed by atoms with E-state index in [1.165, 1.54) is 12.1 Å². The van der Waals surface area contributed by atoms with Gasteiger partial charge < -0.3 is 10.6 Å². The van der Waals surface area contributed by atoms with Gasteiger partial charge in [-0.15, -0.1) is 0 Å². The predicted octanol–water partition coefficient (Wildman–Crippen LogP) is 2.42. The molecule has 20 heavy (non-hydrogen) atoms. The second-order valence-electron chi connectivity index (χ2n) is 4.38. The van der Waals surface area contributed by atoms with Gasteiger partial charge in [0, 0.05) is 24.6 Å². The van der Waals surface area contributed by atoms with Crippen LogP contribution in [0.3, 0.4) is 0 Å². The van der Waals surface area contributed by atoms with Gasteiger partial charge in [0.15, 0.2) is 0 Å². The second-order valence-corrected chi connectivity index (χ2v) is 5.16. The average molecular weight is 318 g/mol. The molecule has 0 fully saturated rings. The Hall–Kier alpha value is -1.33. The first-order valence-electron chi connectivity index (χ1n) is 6.33. The number of nitrogens with zero attached hydrogens (tertiary/aromatic N) is 1. The van der Waals surface area contributed by atoms with Gasteiger partial charge in [-0.1, -0.05) is 30.1 Å². The second kappa shape index (κ2) is 8.07. The van der Waals surface area contributed by atoms with Gasteiger partial charge in [0.2, 0.25) is 5.91 Å². The molecule has 0 aromatic carbocycles. The number of halogens is 2. The maximum atomic E-state index is 11.8. The van der Waals surface area contributed by atoms with Crippen LogP contribution in [0.25, 0.3) is 0 Å². The maximum Gasteiger partial charge on any atom is 0.251 e. The van der Waals surface area contributed by atoms with Gasteiger partial charge in [-0.25, -0.2) is 4.98 Å². The number of hydrogen-bond acceptors (Lipinski definition) is 3. The topological polar surface area (TPSA) is 71.1 Å². The standard InChI is InChI=1S/C13H17Cl2N3O2/c1-3-8(2)17-12(19)4-5-16-13(20)9-6-10(14)18-11(15)7-9/h6-8H,3-5H2,1-2H3,(H,16,20)(H,17,19). The minimum Gasteiger partial charge on any atom is -0.354 e. The van der Waals surface area contributed by atoms with E-state index in [-0.39, 0.29) is 41.1 Å². The molecule has 0 aliphatic rings. The van der Waals surface area contributed by atoms with E-state index >= 15 is 0 Å². The zero-order chi connectivity index (χ0) is 15.1. The highest BCUT2D eigenvalue weighted by Crippen LogP contribution is 2.14. The molecular weight excluding hydrogens is 301 g/mol. The molecule has 1 heterocycles. The van der Waals surface area contributed by atoms with Crippen LogP contribution in [0.4, 0.5) is 0 Å². The summed E-state index contributed by atoms with van der Waals surface area (Å²) in [5, 5.41) is 5.75. The van der Waals surface area contributed by atoms with Gasteiger partial charge in [0.1, 0.15) is 10.3 Å². The highest BCUT2D eigenvalue weighted by Gasteiger charge is 2.10. The highest BCUT2D eigenvalue weighted by atomic mass is 35.5.